The summed E-state index contributed by atoms with van der Waals surface area (Å²) in [6.45, 7) is 0.750. The van der Waals surface area contributed by atoms with Gasteiger partial charge in [-0.25, -0.2) is 0 Å². The standard InChI is InChI=1S/C15H19ClN2O.ClH/c16-12-4-2-6-14-11(12)7-8-18(14)15(19)9-10-3-1-5-13(10)17;/h2,4,6,10,13H,1,3,5,7-9,17H2;1H/t10-,13+;/m0./s1. The maximum Gasteiger partial charge on any atom is 0.227 e. The minimum absolute atomic E-state index is 0. The van der Waals surface area contributed by atoms with Gasteiger partial charge >= 0.3 is 0 Å². The molecule has 2 atom stereocenters. The first-order valence-corrected chi connectivity index (χ1v) is 7.38. The molecule has 0 bridgehead atoms. The van der Waals surface area contributed by atoms with E-state index in [1.54, 1.807) is 0 Å². The Labute approximate surface area is 130 Å². The van der Waals surface area contributed by atoms with E-state index in [9.17, 15) is 4.79 Å². The molecular formula is C15H20Cl2N2O. The number of hydrogen-bond acceptors (Lipinski definition) is 2. The van der Waals surface area contributed by atoms with E-state index < -0.39 is 0 Å². The molecule has 1 aromatic carbocycles. The van der Waals surface area contributed by atoms with Gasteiger partial charge in [-0.15, -0.1) is 12.4 Å². The molecule has 0 unspecified atom stereocenters. The zero-order chi connectivity index (χ0) is 13.4. The van der Waals surface area contributed by atoms with Crippen molar-refractivity contribution in [3.05, 3.63) is 28.8 Å². The smallest absolute Gasteiger partial charge is 0.227 e. The van der Waals surface area contributed by atoms with Crippen molar-refractivity contribution in [1.82, 2.24) is 0 Å². The molecule has 1 amide bonds. The average molecular weight is 315 g/mol. The largest absolute Gasteiger partial charge is 0.327 e. The van der Waals surface area contributed by atoms with E-state index in [-0.39, 0.29) is 24.4 Å². The van der Waals surface area contributed by atoms with Gasteiger partial charge in [-0.05, 0) is 42.9 Å². The summed E-state index contributed by atoms with van der Waals surface area (Å²) >= 11 is 6.18. The lowest BCUT2D eigenvalue weighted by Crippen LogP contribution is -2.34. The van der Waals surface area contributed by atoms with Crippen LogP contribution < -0.4 is 10.6 Å². The van der Waals surface area contributed by atoms with Crippen LogP contribution in [0.1, 0.15) is 31.2 Å². The Morgan fingerprint density at radius 1 is 1.40 bits per heavy atom. The van der Waals surface area contributed by atoms with Crippen molar-refractivity contribution in [1.29, 1.82) is 0 Å². The van der Waals surface area contributed by atoms with Gasteiger partial charge in [0.25, 0.3) is 0 Å². The highest BCUT2D eigenvalue weighted by Crippen LogP contribution is 2.35. The van der Waals surface area contributed by atoms with Gasteiger partial charge < -0.3 is 10.6 Å². The molecule has 0 spiro atoms. The van der Waals surface area contributed by atoms with Crippen LogP contribution in [0.3, 0.4) is 0 Å². The van der Waals surface area contributed by atoms with E-state index in [0.717, 1.165) is 48.5 Å². The number of fused-ring (bicyclic) bond motifs is 1. The van der Waals surface area contributed by atoms with Crippen molar-refractivity contribution in [2.24, 2.45) is 11.7 Å². The van der Waals surface area contributed by atoms with Crippen LogP contribution in [-0.4, -0.2) is 18.5 Å². The molecule has 2 aliphatic rings. The van der Waals surface area contributed by atoms with Gasteiger partial charge in [-0.2, -0.15) is 0 Å². The van der Waals surface area contributed by atoms with Crippen molar-refractivity contribution in [2.75, 3.05) is 11.4 Å². The molecule has 5 heteroatoms. The van der Waals surface area contributed by atoms with Gasteiger partial charge in [0.2, 0.25) is 5.91 Å². The second-order valence-electron chi connectivity index (χ2n) is 5.59. The van der Waals surface area contributed by atoms with Crippen molar-refractivity contribution in [2.45, 2.75) is 38.1 Å². The SMILES string of the molecule is Cl.N[C@@H]1CCC[C@H]1CC(=O)N1CCc2c(Cl)cccc21. The molecule has 20 heavy (non-hydrogen) atoms. The number of nitrogens with zero attached hydrogens (tertiary/aromatic N) is 1. The van der Waals surface area contributed by atoms with Gasteiger partial charge in [0.1, 0.15) is 0 Å². The zero-order valence-corrected chi connectivity index (χ0v) is 12.9. The van der Waals surface area contributed by atoms with Crippen LogP contribution in [0.15, 0.2) is 18.2 Å². The first-order chi connectivity index (χ1) is 9.16. The topological polar surface area (TPSA) is 46.3 Å². The normalized spacial score (nSPS) is 24.4. The Morgan fingerprint density at radius 2 is 2.20 bits per heavy atom. The van der Waals surface area contributed by atoms with E-state index in [0.29, 0.717) is 12.3 Å². The molecule has 1 aliphatic heterocycles. The average Bonchev–Trinajstić information content (AvgIpc) is 2.97. The summed E-state index contributed by atoms with van der Waals surface area (Å²) < 4.78 is 0. The van der Waals surface area contributed by atoms with Gasteiger partial charge in [-0.1, -0.05) is 24.1 Å². The number of benzene rings is 1. The highest BCUT2D eigenvalue weighted by atomic mass is 35.5. The van der Waals surface area contributed by atoms with E-state index in [2.05, 4.69) is 0 Å². The molecule has 110 valence electrons. The summed E-state index contributed by atoms with van der Waals surface area (Å²) in [7, 11) is 0. The Kier molecular flexibility index (Phi) is 4.95. The van der Waals surface area contributed by atoms with E-state index >= 15 is 0 Å². The maximum atomic E-state index is 12.4. The Morgan fingerprint density at radius 3 is 2.90 bits per heavy atom. The monoisotopic (exact) mass is 314 g/mol. The van der Waals surface area contributed by atoms with Crippen LogP contribution in [0.2, 0.25) is 5.02 Å². The van der Waals surface area contributed by atoms with Crippen LogP contribution in [0, 0.1) is 5.92 Å². The third kappa shape index (κ3) is 2.80. The number of hydrogen-bond donors (Lipinski definition) is 1. The number of halogens is 2. The lowest BCUT2D eigenvalue weighted by molar-refractivity contribution is -0.119. The van der Waals surface area contributed by atoms with Crippen molar-refractivity contribution in [3.63, 3.8) is 0 Å². The summed E-state index contributed by atoms with van der Waals surface area (Å²) in [6.07, 6.45) is 4.73. The number of anilines is 1. The molecule has 1 aliphatic carbocycles. The van der Waals surface area contributed by atoms with E-state index in [4.69, 9.17) is 17.3 Å². The van der Waals surface area contributed by atoms with Crippen LogP contribution in [0.4, 0.5) is 5.69 Å². The lowest BCUT2D eigenvalue weighted by atomic mass is 9.99. The fourth-order valence-corrected chi connectivity index (χ4v) is 3.57. The summed E-state index contributed by atoms with van der Waals surface area (Å²) in [5, 5.41) is 0.769. The fourth-order valence-electron chi connectivity index (χ4n) is 3.30. The minimum atomic E-state index is 0. The Hall–Kier alpha value is -0.770. The lowest BCUT2D eigenvalue weighted by Gasteiger charge is -2.21. The second-order valence-corrected chi connectivity index (χ2v) is 6.00. The van der Waals surface area contributed by atoms with Crippen molar-refractivity contribution in [3.8, 4) is 0 Å². The molecule has 1 aromatic rings. The van der Waals surface area contributed by atoms with Gasteiger partial charge in [0.05, 0.1) is 0 Å². The third-order valence-corrected chi connectivity index (χ3v) is 4.78. The molecule has 1 heterocycles. The van der Waals surface area contributed by atoms with E-state index in [1.807, 2.05) is 23.1 Å². The third-order valence-electron chi connectivity index (χ3n) is 4.43. The molecule has 1 fully saturated rings. The quantitative estimate of drug-likeness (QED) is 0.911. The maximum absolute atomic E-state index is 12.4. The second kappa shape index (κ2) is 6.33. The number of nitrogens with two attached hydrogens (primary N) is 1. The number of carbonyl (C=O) groups is 1. The summed E-state index contributed by atoms with van der Waals surface area (Å²) in [5.41, 5.74) is 8.15. The minimum Gasteiger partial charge on any atom is -0.327 e. The molecule has 3 rings (SSSR count). The highest BCUT2D eigenvalue weighted by Gasteiger charge is 2.31. The highest BCUT2D eigenvalue weighted by molar-refractivity contribution is 6.32. The van der Waals surface area contributed by atoms with Crippen LogP contribution >= 0.6 is 24.0 Å². The summed E-state index contributed by atoms with van der Waals surface area (Å²) in [5.74, 6) is 0.555. The van der Waals surface area contributed by atoms with Crippen molar-refractivity contribution < 1.29 is 4.79 Å². The summed E-state index contributed by atoms with van der Waals surface area (Å²) in [4.78, 5) is 14.3. The number of rotatable bonds is 2. The van der Waals surface area contributed by atoms with Crippen LogP contribution in [-0.2, 0) is 11.2 Å². The first-order valence-electron chi connectivity index (χ1n) is 7.00. The number of amides is 1. The van der Waals surface area contributed by atoms with Gasteiger partial charge in [-0.3, -0.25) is 4.79 Å². The van der Waals surface area contributed by atoms with Gasteiger partial charge in [0.15, 0.2) is 0 Å². The van der Waals surface area contributed by atoms with Crippen LogP contribution in [0.25, 0.3) is 0 Å². The Balaban J connectivity index is 0.00000147. The first kappa shape index (κ1) is 15.6. The van der Waals surface area contributed by atoms with Gasteiger partial charge in [0, 0.05) is 29.7 Å². The van der Waals surface area contributed by atoms with Crippen LogP contribution in [0.5, 0.6) is 0 Å². The molecule has 3 nitrogen and oxygen atoms in total. The zero-order valence-electron chi connectivity index (χ0n) is 11.3. The molecule has 0 radical (unpaired) electrons. The number of carbonyl (C=O) groups excluding carboxylic acids is 1. The Bertz CT molecular complexity index is 507. The van der Waals surface area contributed by atoms with E-state index in [1.165, 1.54) is 0 Å². The molecule has 0 aromatic heterocycles. The molecule has 0 saturated heterocycles. The predicted octanol–water partition coefficient (Wildman–Crippen LogP) is 3.17. The fraction of sp³-hybridized carbons (Fsp3) is 0.533. The predicted molar refractivity (Wildman–Crippen MR) is 84.7 cm³/mol. The summed E-state index contributed by atoms with van der Waals surface area (Å²) in [6, 6.07) is 5.99. The molecular weight excluding hydrogens is 295 g/mol. The van der Waals surface area contributed by atoms with Crippen molar-refractivity contribution >= 4 is 35.6 Å². The molecule has 1 saturated carbocycles. The molecule has 2 N–H and O–H groups in total.